The van der Waals surface area contributed by atoms with Crippen molar-refractivity contribution >= 4 is 41.9 Å². The Labute approximate surface area is 122 Å². The van der Waals surface area contributed by atoms with E-state index in [9.17, 15) is 8.42 Å². The van der Waals surface area contributed by atoms with Gasteiger partial charge >= 0.3 is 0 Å². The molecule has 0 aliphatic rings. The van der Waals surface area contributed by atoms with Crippen molar-refractivity contribution in [1.82, 2.24) is 5.32 Å². The maximum absolute atomic E-state index is 11.2. The molecule has 1 atom stereocenters. The zero-order valence-corrected chi connectivity index (χ0v) is 13.6. The second-order valence-corrected chi connectivity index (χ2v) is 9.00. The highest BCUT2D eigenvalue weighted by Crippen LogP contribution is 2.34. The van der Waals surface area contributed by atoms with Crippen LogP contribution >= 0.6 is 22.7 Å². The van der Waals surface area contributed by atoms with E-state index in [2.05, 4.69) is 29.8 Å². The number of hydrogen-bond donors (Lipinski definition) is 1. The molecule has 0 bridgehead atoms. The molecule has 1 N–H and O–H groups in total. The van der Waals surface area contributed by atoms with E-state index in [4.69, 9.17) is 0 Å². The van der Waals surface area contributed by atoms with Crippen molar-refractivity contribution in [2.45, 2.75) is 25.8 Å². The molecule has 0 aromatic carbocycles. The molecule has 106 valence electrons. The molecule has 0 saturated carbocycles. The van der Waals surface area contributed by atoms with Gasteiger partial charge in [-0.3, -0.25) is 0 Å². The molecule has 2 aromatic heterocycles. The van der Waals surface area contributed by atoms with Gasteiger partial charge in [0.1, 0.15) is 9.84 Å². The van der Waals surface area contributed by atoms with E-state index in [0.717, 1.165) is 13.0 Å². The van der Waals surface area contributed by atoms with E-state index >= 15 is 0 Å². The monoisotopic (exact) mass is 317 g/mol. The van der Waals surface area contributed by atoms with Crippen molar-refractivity contribution in [3.8, 4) is 0 Å². The largest absolute Gasteiger partial charge is 0.310 e. The maximum Gasteiger partial charge on any atom is 0.147 e. The Bertz CT molecular complexity index is 599. The van der Waals surface area contributed by atoms with Crippen LogP contribution in [0.25, 0.3) is 9.40 Å². The fourth-order valence-electron chi connectivity index (χ4n) is 2.10. The Morgan fingerprint density at radius 3 is 2.79 bits per heavy atom. The Hall–Kier alpha value is -0.430. The van der Waals surface area contributed by atoms with E-state index in [1.807, 2.05) is 11.3 Å². The standard InChI is InChI=1S/C13H19NO2S3/c1-3-14-10(5-4-8-19(2,15)16)12-9-13-11(18-12)6-7-17-13/h6-7,9-10,14H,3-5,8H2,1-2H3. The lowest BCUT2D eigenvalue weighted by molar-refractivity contribution is 0.514. The van der Waals surface area contributed by atoms with E-state index in [-0.39, 0.29) is 11.8 Å². The Morgan fingerprint density at radius 1 is 1.37 bits per heavy atom. The van der Waals surface area contributed by atoms with Crippen molar-refractivity contribution in [2.75, 3.05) is 18.6 Å². The van der Waals surface area contributed by atoms with Crippen LogP contribution in [0.2, 0.25) is 0 Å². The Kier molecular flexibility index (Phi) is 5.00. The molecule has 2 rings (SSSR count). The molecule has 3 nitrogen and oxygen atoms in total. The molecular weight excluding hydrogens is 298 g/mol. The van der Waals surface area contributed by atoms with Gasteiger partial charge in [-0.1, -0.05) is 6.92 Å². The van der Waals surface area contributed by atoms with E-state index in [1.54, 1.807) is 11.3 Å². The van der Waals surface area contributed by atoms with Gasteiger partial charge in [-0.25, -0.2) is 8.42 Å². The minimum atomic E-state index is -2.85. The van der Waals surface area contributed by atoms with Crippen LogP contribution in [-0.4, -0.2) is 27.0 Å². The summed E-state index contributed by atoms with van der Waals surface area (Å²) in [6.45, 7) is 2.98. The third kappa shape index (κ3) is 4.27. The van der Waals surface area contributed by atoms with Crippen LogP contribution in [0.3, 0.4) is 0 Å². The van der Waals surface area contributed by atoms with Gasteiger partial charge in [-0.2, -0.15) is 0 Å². The molecule has 2 aromatic rings. The van der Waals surface area contributed by atoms with Crippen LogP contribution in [0.5, 0.6) is 0 Å². The average molecular weight is 318 g/mol. The predicted octanol–water partition coefficient (Wildman–Crippen LogP) is 3.44. The molecule has 0 saturated heterocycles. The molecule has 0 amide bonds. The Balaban J connectivity index is 2.04. The van der Waals surface area contributed by atoms with Crippen LogP contribution < -0.4 is 5.32 Å². The summed E-state index contributed by atoms with van der Waals surface area (Å²) in [6.07, 6.45) is 2.88. The topological polar surface area (TPSA) is 46.2 Å². The first-order chi connectivity index (χ1) is 8.99. The first kappa shape index (κ1) is 15.0. The number of thiophene rings is 2. The lowest BCUT2D eigenvalue weighted by Crippen LogP contribution is -2.20. The maximum atomic E-state index is 11.2. The van der Waals surface area contributed by atoms with Crippen LogP contribution in [-0.2, 0) is 9.84 Å². The number of sulfone groups is 1. The molecule has 2 heterocycles. The normalized spacial score (nSPS) is 14.0. The minimum absolute atomic E-state index is 0.272. The summed E-state index contributed by atoms with van der Waals surface area (Å²) in [5.74, 6) is 0.272. The fourth-order valence-corrected chi connectivity index (χ4v) is 5.02. The number of hydrogen-bond acceptors (Lipinski definition) is 5. The predicted molar refractivity (Wildman–Crippen MR) is 85.1 cm³/mol. The van der Waals surface area contributed by atoms with Gasteiger partial charge in [-0.05, 0) is 36.9 Å². The lowest BCUT2D eigenvalue weighted by Gasteiger charge is -2.15. The van der Waals surface area contributed by atoms with Crippen molar-refractivity contribution in [2.24, 2.45) is 0 Å². The molecule has 0 spiro atoms. The average Bonchev–Trinajstić information content (AvgIpc) is 2.86. The molecule has 0 radical (unpaired) electrons. The molecule has 1 unspecified atom stereocenters. The second-order valence-electron chi connectivity index (χ2n) is 4.68. The molecule has 6 heteroatoms. The zero-order valence-electron chi connectivity index (χ0n) is 11.2. The van der Waals surface area contributed by atoms with Crippen molar-refractivity contribution in [1.29, 1.82) is 0 Å². The minimum Gasteiger partial charge on any atom is -0.310 e. The highest BCUT2D eigenvalue weighted by Gasteiger charge is 2.15. The zero-order chi connectivity index (χ0) is 13.9. The summed E-state index contributed by atoms with van der Waals surface area (Å²) in [6, 6.07) is 4.66. The van der Waals surface area contributed by atoms with Crippen molar-refractivity contribution < 1.29 is 8.42 Å². The summed E-state index contributed by atoms with van der Waals surface area (Å²) in [4.78, 5) is 1.32. The third-order valence-electron chi connectivity index (χ3n) is 2.96. The van der Waals surface area contributed by atoms with Gasteiger partial charge < -0.3 is 5.32 Å². The summed E-state index contributed by atoms with van der Waals surface area (Å²) < 4.78 is 25.0. The first-order valence-electron chi connectivity index (χ1n) is 6.37. The van der Waals surface area contributed by atoms with E-state index < -0.39 is 9.84 Å². The smallest absolute Gasteiger partial charge is 0.147 e. The molecule has 0 aliphatic carbocycles. The van der Waals surface area contributed by atoms with E-state index in [0.29, 0.717) is 6.42 Å². The molecular formula is C13H19NO2S3. The molecule has 0 aliphatic heterocycles. The van der Waals surface area contributed by atoms with Crippen molar-refractivity contribution in [3.05, 3.63) is 22.4 Å². The Morgan fingerprint density at radius 2 is 2.16 bits per heavy atom. The van der Waals surface area contributed by atoms with Crippen LogP contribution in [0.1, 0.15) is 30.7 Å². The molecule has 0 fully saturated rings. The quantitative estimate of drug-likeness (QED) is 0.851. The van der Waals surface area contributed by atoms with Crippen LogP contribution in [0.4, 0.5) is 0 Å². The van der Waals surface area contributed by atoms with Crippen LogP contribution in [0.15, 0.2) is 17.5 Å². The summed E-state index contributed by atoms with van der Waals surface area (Å²) in [5.41, 5.74) is 0. The van der Waals surface area contributed by atoms with Gasteiger partial charge in [-0.15, -0.1) is 22.7 Å². The highest BCUT2D eigenvalue weighted by atomic mass is 32.2. The third-order valence-corrected chi connectivity index (χ3v) is 6.20. The van der Waals surface area contributed by atoms with Crippen LogP contribution in [0, 0.1) is 0 Å². The number of fused-ring (bicyclic) bond motifs is 1. The summed E-state index contributed by atoms with van der Waals surface area (Å²) >= 11 is 3.57. The number of rotatable bonds is 7. The fraction of sp³-hybridized carbons (Fsp3) is 0.538. The van der Waals surface area contributed by atoms with Gasteiger partial charge in [0.2, 0.25) is 0 Å². The van der Waals surface area contributed by atoms with Crippen molar-refractivity contribution in [3.63, 3.8) is 0 Å². The first-order valence-corrected chi connectivity index (χ1v) is 10.1. The summed E-state index contributed by atoms with van der Waals surface area (Å²) in [7, 11) is -2.85. The lowest BCUT2D eigenvalue weighted by atomic mass is 10.1. The SMILES string of the molecule is CCNC(CCCS(C)(=O)=O)c1cc2sccc2s1. The molecule has 19 heavy (non-hydrogen) atoms. The van der Waals surface area contributed by atoms with Gasteiger partial charge in [0.05, 0.1) is 0 Å². The number of nitrogens with one attached hydrogen (secondary N) is 1. The van der Waals surface area contributed by atoms with Gasteiger partial charge in [0, 0.05) is 32.3 Å². The summed E-state index contributed by atoms with van der Waals surface area (Å²) in [5, 5.41) is 5.56. The van der Waals surface area contributed by atoms with E-state index in [1.165, 1.54) is 20.5 Å². The van der Waals surface area contributed by atoms with Gasteiger partial charge in [0.25, 0.3) is 0 Å². The van der Waals surface area contributed by atoms with Gasteiger partial charge in [0.15, 0.2) is 0 Å². The second kappa shape index (κ2) is 6.35. The highest BCUT2D eigenvalue weighted by molar-refractivity contribution is 7.90.